The smallest absolute Gasteiger partial charge is 0.325 e. The van der Waals surface area contributed by atoms with Crippen molar-refractivity contribution in [3.8, 4) is 0 Å². The van der Waals surface area contributed by atoms with Crippen LogP contribution in [0, 0.1) is 5.92 Å². The van der Waals surface area contributed by atoms with Gasteiger partial charge in [-0.1, -0.05) is 0 Å². The van der Waals surface area contributed by atoms with Crippen LogP contribution in [0.1, 0.15) is 25.7 Å². The molecular weight excluding hydrogens is 322 g/mol. The van der Waals surface area contributed by atoms with Gasteiger partial charge in [0.15, 0.2) is 0 Å². The Labute approximate surface area is 144 Å². The minimum absolute atomic E-state index is 0.0821. The van der Waals surface area contributed by atoms with Crippen molar-refractivity contribution in [3.63, 3.8) is 0 Å². The van der Waals surface area contributed by atoms with Gasteiger partial charge in [-0.15, -0.1) is 0 Å². The van der Waals surface area contributed by atoms with Gasteiger partial charge in [-0.05, 0) is 44.3 Å². The third-order valence-corrected chi connectivity index (χ3v) is 4.82. The first-order chi connectivity index (χ1) is 12.0. The first-order valence-electron chi connectivity index (χ1n) is 8.53. The molecule has 134 valence electrons. The summed E-state index contributed by atoms with van der Waals surface area (Å²) in [4.78, 5) is 40.5. The number of pyridine rings is 1. The van der Waals surface area contributed by atoms with Gasteiger partial charge in [-0.3, -0.25) is 18.7 Å². The van der Waals surface area contributed by atoms with Crippen LogP contribution in [-0.4, -0.2) is 33.1 Å². The summed E-state index contributed by atoms with van der Waals surface area (Å²) in [6.07, 6.45) is 5.01. The summed E-state index contributed by atoms with van der Waals surface area (Å²) >= 11 is 0. The van der Waals surface area contributed by atoms with Crippen LogP contribution in [0.2, 0.25) is 0 Å². The lowest BCUT2D eigenvalue weighted by Gasteiger charge is -2.22. The molecule has 0 unspecified atom stereocenters. The van der Waals surface area contributed by atoms with Crippen LogP contribution in [0.4, 0.5) is 5.69 Å². The maximum atomic E-state index is 12.3. The number of amides is 1. The van der Waals surface area contributed by atoms with Crippen LogP contribution in [-0.2, 0) is 18.9 Å². The highest BCUT2D eigenvalue weighted by Crippen LogP contribution is 2.18. The largest absolute Gasteiger partial charge is 0.332 e. The Morgan fingerprint density at radius 3 is 2.72 bits per heavy atom. The fourth-order valence-electron chi connectivity index (χ4n) is 3.26. The van der Waals surface area contributed by atoms with Gasteiger partial charge in [0.05, 0.1) is 17.3 Å². The van der Waals surface area contributed by atoms with E-state index in [-0.39, 0.29) is 5.91 Å². The van der Waals surface area contributed by atoms with E-state index in [2.05, 4.69) is 15.6 Å². The van der Waals surface area contributed by atoms with Gasteiger partial charge < -0.3 is 10.6 Å². The number of aromatic nitrogens is 3. The van der Waals surface area contributed by atoms with E-state index in [0.717, 1.165) is 36.9 Å². The van der Waals surface area contributed by atoms with Gasteiger partial charge in [-0.2, -0.15) is 0 Å². The van der Waals surface area contributed by atoms with Crippen LogP contribution in [0.3, 0.4) is 0 Å². The number of carbonyl (C=O) groups is 1. The monoisotopic (exact) mass is 345 g/mol. The molecule has 3 heterocycles. The lowest BCUT2D eigenvalue weighted by atomic mass is 9.93. The molecule has 0 atom stereocenters. The van der Waals surface area contributed by atoms with Crippen LogP contribution in [0.25, 0.3) is 11.0 Å². The maximum Gasteiger partial charge on any atom is 0.332 e. The minimum atomic E-state index is -0.427. The molecule has 8 heteroatoms. The topological polar surface area (TPSA) is 98.0 Å². The van der Waals surface area contributed by atoms with Crippen LogP contribution in [0.5, 0.6) is 0 Å². The fraction of sp³-hybridized carbons (Fsp3) is 0.529. The number of nitrogens with one attached hydrogen (secondary N) is 2. The zero-order valence-corrected chi connectivity index (χ0v) is 14.5. The molecule has 0 spiro atoms. The van der Waals surface area contributed by atoms with Crippen molar-refractivity contribution in [2.45, 2.75) is 25.7 Å². The molecule has 1 saturated heterocycles. The minimum Gasteiger partial charge on any atom is -0.325 e. The Balaban J connectivity index is 1.74. The average Bonchev–Trinajstić information content (AvgIpc) is 2.64. The molecule has 0 saturated carbocycles. The van der Waals surface area contributed by atoms with E-state index in [9.17, 15) is 14.4 Å². The van der Waals surface area contributed by atoms with Gasteiger partial charge >= 0.3 is 5.69 Å². The van der Waals surface area contributed by atoms with Crippen molar-refractivity contribution in [2.75, 3.05) is 18.4 Å². The van der Waals surface area contributed by atoms with E-state index >= 15 is 0 Å². The van der Waals surface area contributed by atoms with Crippen molar-refractivity contribution >= 4 is 22.6 Å². The molecule has 0 aromatic carbocycles. The highest BCUT2D eigenvalue weighted by molar-refractivity contribution is 5.92. The number of nitrogens with zero attached hydrogens (tertiary/aromatic N) is 3. The molecule has 0 radical (unpaired) electrons. The molecular formula is C17H23N5O3. The first kappa shape index (κ1) is 17.3. The molecule has 2 aromatic heterocycles. The predicted octanol–water partition coefficient (Wildman–Crippen LogP) is 0.351. The van der Waals surface area contributed by atoms with Crippen LogP contribution in [0.15, 0.2) is 21.9 Å². The predicted molar refractivity (Wildman–Crippen MR) is 95.7 cm³/mol. The van der Waals surface area contributed by atoms with E-state index in [1.807, 2.05) is 0 Å². The highest BCUT2D eigenvalue weighted by atomic mass is 16.2. The fourth-order valence-corrected chi connectivity index (χ4v) is 3.26. The number of fused-ring (bicyclic) bond motifs is 1. The number of piperidine rings is 1. The Morgan fingerprint density at radius 1 is 1.28 bits per heavy atom. The van der Waals surface area contributed by atoms with E-state index in [4.69, 9.17) is 0 Å². The summed E-state index contributed by atoms with van der Waals surface area (Å²) < 4.78 is 2.35. The number of anilines is 1. The molecule has 25 heavy (non-hydrogen) atoms. The molecule has 3 rings (SSSR count). The van der Waals surface area contributed by atoms with E-state index < -0.39 is 11.2 Å². The summed E-state index contributed by atoms with van der Waals surface area (Å²) in [5.74, 6) is 0.505. The summed E-state index contributed by atoms with van der Waals surface area (Å²) in [6, 6.07) is 1.58. The summed E-state index contributed by atoms with van der Waals surface area (Å²) in [5, 5.41) is 6.42. The van der Waals surface area contributed by atoms with Gasteiger partial charge in [0.1, 0.15) is 5.65 Å². The number of hydrogen-bond donors (Lipinski definition) is 2. The average molecular weight is 345 g/mol. The highest BCUT2D eigenvalue weighted by Gasteiger charge is 2.15. The maximum absolute atomic E-state index is 12.3. The number of carbonyl (C=O) groups excluding carboxylic acids is 1. The Kier molecular flexibility index (Phi) is 4.98. The van der Waals surface area contributed by atoms with Crippen molar-refractivity contribution in [2.24, 2.45) is 20.0 Å². The van der Waals surface area contributed by atoms with Crippen molar-refractivity contribution < 1.29 is 4.79 Å². The lowest BCUT2D eigenvalue weighted by molar-refractivity contribution is -0.116. The van der Waals surface area contributed by atoms with Crippen molar-refractivity contribution in [1.29, 1.82) is 0 Å². The quantitative estimate of drug-likeness (QED) is 0.833. The molecule has 1 fully saturated rings. The van der Waals surface area contributed by atoms with Gasteiger partial charge in [-0.25, -0.2) is 9.78 Å². The summed E-state index contributed by atoms with van der Waals surface area (Å²) in [5.41, 5.74) is -0.0699. The standard InChI is InChI=1S/C17H23N5O3/c1-21-15-13(16(24)22(2)17(21)25)9-12(10-19-15)20-14(23)4-3-11-5-7-18-8-6-11/h9-11,18H,3-8H2,1-2H3,(H,20,23). The third kappa shape index (κ3) is 3.63. The second-order valence-electron chi connectivity index (χ2n) is 6.58. The van der Waals surface area contributed by atoms with E-state index in [1.54, 1.807) is 13.1 Å². The molecule has 2 aromatic rings. The van der Waals surface area contributed by atoms with Gasteiger partial charge in [0, 0.05) is 20.5 Å². The van der Waals surface area contributed by atoms with E-state index in [1.165, 1.54) is 17.8 Å². The normalized spacial score (nSPS) is 15.4. The molecule has 8 nitrogen and oxygen atoms in total. The zero-order valence-electron chi connectivity index (χ0n) is 14.5. The zero-order chi connectivity index (χ0) is 18.0. The molecule has 0 aliphatic carbocycles. The van der Waals surface area contributed by atoms with E-state index in [0.29, 0.717) is 29.1 Å². The molecule has 1 amide bonds. The molecule has 1 aliphatic rings. The number of hydrogen-bond acceptors (Lipinski definition) is 5. The van der Waals surface area contributed by atoms with Crippen LogP contribution >= 0.6 is 0 Å². The Hall–Kier alpha value is -2.48. The SMILES string of the molecule is Cn1c(=O)c2cc(NC(=O)CCC3CCNCC3)cnc2n(C)c1=O. The van der Waals surface area contributed by atoms with Crippen LogP contribution < -0.4 is 21.9 Å². The summed E-state index contributed by atoms with van der Waals surface area (Å²) in [6.45, 7) is 2.03. The number of rotatable bonds is 4. The molecule has 0 bridgehead atoms. The summed E-state index contributed by atoms with van der Waals surface area (Å²) in [7, 11) is 2.99. The molecule has 2 N–H and O–H groups in total. The number of aryl methyl sites for hydroxylation is 1. The van der Waals surface area contributed by atoms with Crippen molar-refractivity contribution in [1.82, 2.24) is 19.4 Å². The van der Waals surface area contributed by atoms with Gasteiger partial charge in [0.25, 0.3) is 5.56 Å². The third-order valence-electron chi connectivity index (χ3n) is 4.82. The second kappa shape index (κ2) is 7.18. The first-order valence-corrected chi connectivity index (χ1v) is 8.53. The Bertz CT molecular complexity index is 909. The molecule has 1 aliphatic heterocycles. The van der Waals surface area contributed by atoms with Crippen molar-refractivity contribution in [3.05, 3.63) is 33.1 Å². The second-order valence-corrected chi connectivity index (χ2v) is 6.58. The lowest BCUT2D eigenvalue weighted by Crippen LogP contribution is -2.37. The Morgan fingerprint density at radius 2 is 2.00 bits per heavy atom. The van der Waals surface area contributed by atoms with Gasteiger partial charge in [0.2, 0.25) is 5.91 Å².